The minimum atomic E-state index is -0.520. The van der Waals surface area contributed by atoms with Gasteiger partial charge in [0.15, 0.2) is 11.2 Å². The van der Waals surface area contributed by atoms with Crippen molar-refractivity contribution in [3.63, 3.8) is 0 Å². The average molecular weight is 301 g/mol. The van der Waals surface area contributed by atoms with E-state index < -0.39 is 5.91 Å². The van der Waals surface area contributed by atoms with E-state index in [4.69, 9.17) is 4.42 Å². The number of carbonyl (C=O) groups excluding carboxylic acids is 1. The van der Waals surface area contributed by atoms with Crippen molar-refractivity contribution in [2.24, 2.45) is 0 Å². The summed E-state index contributed by atoms with van der Waals surface area (Å²) in [5.41, 5.74) is 0.966. The van der Waals surface area contributed by atoms with Gasteiger partial charge in [-0.2, -0.15) is 0 Å². The third kappa shape index (κ3) is 2.55. The fourth-order valence-electron chi connectivity index (χ4n) is 1.94. The van der Waals surface area contributed by atoms with Crippen LogP contribution in [0.25, 0.3) is 11.0 Å². The quantitative estimate of drug-likeness (QED) is 0.786. The normalized spacial score (nSPS) is 10.8. The maximum absolute atomic E-state index is 12.1. The molecule has 0 bridgehead atoms. The SMILES string of the molecule is Cc1nnc(NC(=O)c2cc(=O)c3cccc(C)c3o2)s1. The fourth-order valence-corrected chi connectivity index (χ4v) is 2.52. The number of carbonyl (C=O) groups is 1. The highest BCUT2D eigenvalue weighted by atomic mass is 32.1. The molecule has 0 saturated heterocycles. The first kappa shape index (κ1) is 13.4. The molecule has 1 N–H and O–H groups in total. The number of nitrogens with one attached hydrogen (secondary N) is 1. The summed E-state index contributed by atoms with van der Waals surface area (Å²) in [4.78, 5) is 24.2. The summed E-state index contributed by atoms with van der Waals surface area (Å²) < 4.78 is 5.56. The minimum absolute atomic E-state index is 0.0466. The first-order valence-corrected chi connectivity index (χ1v) is 7.01. The summed E-state index contributed by atoms with van der Waals surface area (Å²) in [5.74, 6) is -0.567. The molecule has 1 amide bonds. The van der Waals surface area contributed by atoms with E-state index in [-0.39, 0.29) is 11.2 Å². The van der Waals surface area contributed by atoms with E-state index in [1.807, 2.05) is 13.0 Å². The van der Waals surface area contributed by atoms with Crippen LogP contribution in [0.3, 0.4) is 0 Å². The molecular formula is C14H11N3O3S. The van der Waals surface area contributed by atoms with Crippen molar-refractivity contribution in [1.29, 1.82) is 0 Å². The Morgan fingerprint density at radius 1 is 1.29 bits per heavy atom. The highest BCUT2D eigenvalue weighted by molar-refractivity contribution is 7.15. The summed E-state index contributed by atoms with van der Waals surface area (Å²) in [6.07, 6.45) is 0. The molecule has 0 aliphatic carbocycles. The van der Waals surface area contributed by atoms with Gasteiger partial charge in [0.25, 0.3) is 5.91 Å². The molecule has 3 aromatic rings. The number of hydrogen-bond donors (Lipinski definition) is 1. The molecule has 0 atom stereocenters. The van der Waals surface area contributed by atoms with Crippen molar-refractivity contribution in [3.05, 3.63) is 50.8 Å². The Kier molecular flexibility index (Phi) is 3.26. The van der Waals surface area contributed by atoms with E-state index in [2.05, 4.69) is 15.5 Å². The number of fused-ring (bicyclic) bond motifs is 1. The zero-order valence-electron chi connectivity index (χ0n) is 11.3. The van der Waals surface area contributed by atoms with Crippen LogP contribution in [-0.2, 0) is 0 Å². The Balaban J connectivity index is 2.02. The molecule has 3 rings (SSSR count). The van der Waals surface area contributed by atoms with E-state index >= 15 is 0 Å². The molecular weight excluding hydrogens is 290 g/mol. The van der Waals surface area contributed by atoms with E-state index in [0.29, 0.717) is 16.1 Å². The summed E-state index contributed by atoms with van der Waals surface area (Å²) in [6, 6.07) is 6.45. The van der Waals surface area contributed by atoms with Crippen molar-refractivity contribution in [2.45, 2.75) is 13.8 Å². The molecule has 6 nitrogen and oxygen atoms in total. The van der Waals surface area contributed by atoms with Crippen LogP contribution in [0.5, 0.6) is 0 Å². The molecule has 0 radical (unpaired) electrons. The number of rotatable bonds is 2. The van der Waals surface area contributed by atoms with Gasteiger partial charge in [0.2, 0.25) is 5.13 Å². The Morgan fingerprint density at radius 2 is 2.10 bits per heavy atom. The average Bonchev–Trinajstić information content (AvgIpc) is 2.85. The van der Waals surface area contributed by atoms with Gasteiger partial charge >= 0.3 is 0 Å². The van der Waals surface area contributed by atoms with Gasteiger partial charge in [-0.25, -0.2) is 0 Å². The zero-order valence-corrected chi connectivity index (χ0v) is 12.2. The number of para-hydroxylation sites is 1. The second-order valence-corrected chi connectivity index (χ2v) is 5.69. The van der Waals surface area contributed by atoms with Crippen LogP contribution < -0.4 is 10.7 Å². The summed E-state index contributed by atoms with van der Waals surface area (Å²) in [6.45, 7) is 3.61. The van der Waals surface area contributed by atoms with E-state index in [0.717, 1.165) is 10.6 Å². The molecule has 21 heavy (non-hydrogen) atoms. The third-order valence-electron chi connectivity index (χ3n) is 2.92. The molecule has 2 aromatic heterocycles. The third-order valence-corrected chi connectivity index (χ3v) is 3.68. The van der Waals surface area contributed by atoms with E-state index in [1.165, 1.54) is 17.4 Å². The summed E-state index contributed by atoms with van der Waals surface area (Å²) in [5, 5.41) is 11.7. The lowest BCUT2D eigenvalue weighted by Crippen LogP contribution is -2.15. The van der Waals surface area contributed by atoms with Gasteiger partial charge in [-0.3, -0.25) is 14.9 Å². The zero-order chi connectivity index (χ0) is 15.0. The summed E-state index contributed by atoms with van der Waals surface area (Å²) in [7, 11) is 0. The molecule has 0 spiro atoms. The highest BCUT2D eigenvalue weighted by Gasteiger charge is 2.15. The topological polar surface area (TPSA) is 85.1 Å². The lowest BCUT2D eigenvalue weighted by molar-refractivity contribution is 0.0997. The minimum Gasteiger partial charge on any atom is -0.450 e. The van der Waals surface area contributed by atoms with E-state index in [9.17, 15) is 9.59 Å². The van der Waals surface area contributed by atoms with Crippen molar-refractivity contribution in [3.8, 4) is 0 Å². The number of aryl methyl sites for hydroxylation is 2. The molecule has 0 saturated carbocycles. The van der Waals surface area contributed by atoms with Crippen molar-refractivity contribution in [1.82, 2.24) is 10.2 Å². The molecule has 0 fully saturated rings. The fraction of sp³-hybridized carbons (Fsp3) is 0.143. The lowest BCUT2D eigenvalue weighted by atomic mass is 10.1. The maximum Gasteiger partial charge on any atom is 0.293 e. The first-order chi connectivity index (χ1) is 10.0. The van der Waals surface area contributed by atoms with Crippen LogP contribution >= 0.6 is 11.3 Å². The first-order valence-electron chi connectivity index (χ1n) is 6.19. The molecule has 7 heteroatoms. The molecule has 0 unspecified atom stereocenters. The molecule has 106 valence electrons. The van der Waals surface area contributed by atoms with Gasteiger partial charge in [0.05, 0.1) is 5.39 Å². The predicted octanol–water partition coefficient (Wildman–Crippen LogP) is 2.51. The van der Waals surface area contributed by atoms with Crippen LogP contribution in [-0.4, -0.2) is 16.1 Å². The van der Waals surface area contributed by atoms with Crippen molar-refractivity contribution in [2.75, 3.05) is 5.32 Å². The Hall–Kier alpha value is -2.54. The van der Waals surface area contributed by atoms with Gasteiger partial charge < -0.3 is 4.42 Å². The summed E-state index contributed by atoms with van der Waals surface area (Å²) >= 11 is 1.25. The van der Waals surface area contributed by atoms with Crippen molar-refractivity contribution >= 4 is 33.3 Å². The maximum atomic E-state index is 12.1. The lowest BCUT2D eigenvalue weighted by Gasteiger charge is -2.04. The second-order valence-electron chi connectivity index (χ2n) is 4.51. The Bertz CT molecular complexity index is 898. The molecule has 0 aliphatic rings. The standard InChI is InChI=1S/C14H11N3O3S/c1-7-4-3-5-9-10(18)6-11(20-12(7)9)13(19)15-14-17-16-8(2)21-14/h3-6H,1-2H3,(H,15,17,19). The van der Waals surface area contributed by atoms with Crippen LogP contribution in [0.15, 0.2) is 33.5 Å². The van der Waals surface area contributed by atoms with Crippen LogP contribution in [0, 0.1) is 13.8 Å². The van der Waals surface area contributed by atoms with Gasteiger partial charge in [0.1, 0.15) is 10.6 Å². The van der Waals surface area contributed by atoms with Crippen LogP contribution in [0.2, 0.25) is 0 Å². The monoisotopic (exact) mass is 301 g/mol. The van der Waals surface area contributed by atoms with Crippen molar-refractivity contribution < 1.29 is 9.21 Å². The number of aromatic nitrogens is 2. The number of hydrogen-bond acceptors (Lipinski definition) is 6. The van der Waals surface area contributed by atoms with E-state index in [1.54, 1.807) is 19.1 Å². The number of amides is 1. The second kappa shape index (κ2) is 5.10. The molecule has 0 aliphatic heterocycles. The van der Waals surface area contributed by atoms with Gasteiger partial charge in [-0.15, -0.1) is 10.2 Å². The number of anilines is 1. The van der Waals surface area contributed by atoms with Crippen LogP contribution in [0.4, 0.5) is 5.13 Å². The molecule has 2 heterocycles. The number of nitrogens with zero attached hydrogens (tertiary/aromatic N) is 2. The van der Waals surface area contributed by atoms with Gasteiger partial charge in [-0.05, 0) is 25.5 Å². The Morgan fingerprint density at radius 3 is 2.81 bits per heavy atom. The smallest absolute Gasteiger partial charge is 0.293 e. The number of benzene rings is 1. The van der Waals surface area contributed by atoms with Gasteiger partial charge in [0, 0.05) is 6.07 Å². The molecule has 1 aromatic carbocycles. The van der Waals surface area contributed by atoms with Crippen LogP contribution in [0.1, 0.15) is 21.1 Å². The Labute approximate surface area is 123 Å². The largest absolute Gasteiger partial charge is 0.450 e. The highest BCUT2D eigenvalue weighted by Crippen LogP contribution is 2.18. The predicted molar refractivity (Wildman–Crippen MR) is 79.8 cm³/mol. The van der Waals surface area contributed by atoms with Gasteiger partial charge in [-0.1, -0.05) is 23.5 Å².